The molecule has 0 aromatic heterocycles. The molecule has 130 valence electrons. The lowest BCUT2D eigenvalue weighted by molar-refractivity contribution is -0.152. The Bertz CT molecular complexity index is 620. The van der Waals surface area contributed by atoms with Crippen molar-refractivity contribution >= 4 is 17.8 Å². The molecule has 1 aromatic carbocycles. The summed E-state index contributed by atoms with van der Waals surface area (Å²) in [6.07, 6.45) is 2.98. The van der Waals surface area contributed by atoms with Gasteiger partial charge in [0.1, 0.15) is 12.4 Å². The largest absolute Gasteiger partial charge is 0.454 e. The van der Waals surface area contributed by atoms with Crippen LogP contribution >= 0.6 is 0 Å². The number of carbonyl (C=O) groups excluding carboxylic acids is 3. The molecule has 1 atom stereocenters. The van der Waals surface area contributed by atoms with Crippen LogP contribution in [0.15, 0.2) is 24.3 Å². The van der Waals surface area contributed by atoms with Crippen molar-refractivity contribution in [2.75, 3.05) is 19.7 Å². The van der Waals surface area contributed by atoms with Gasteiger partial charge in [-0.25, -0.2) is 4.39 Å². The number of benzene rings is 1. The molecule has 0 radical (unpaired) electrons. The fraction of sp³-hybridized carbons (Fsp3) is 0.471. The second-order valence-electron chi connectivity index (χ2n) is 5.76. The fourth-order valence-electron chi connectivity index (χ4n) is 2.64. The topological polar surface area (TPSA) is 75.7 Å². The number of piperidine rings is 1. The molecule has 2 amide bonds. The summed E-state index contributed by atoms with van der Waals surface area (Å²) in [4.78, 5) is 37.1. The van der Waals surface area contributed by atoms with Crippen LogP contribution in [-0.2, 0) is 14.3 Å². The van der Waals surface area contributed by atoms with E-state index in [1.807, 2.05) is 6.92 Å². The van der Waals surface area contributed by atoms with Crippen molar-refractivity contribution in [1.82, 2.24) is 10.2 Å². The van der Waals surface area contributed by atoms with E-state index in [1.165, 1.54) is 18.2 Å². The summed E-state index contributed by atoms with van der Waals surface area (Å²) in [6, 6.07) is 5.61. The van der Waals surface area contributed by atoms with E-state index < -0.39 is 24.2 Å². The normalized spacial score (nSPS) is 17.2. The van der Waals surface area contributed by atoms with E-state index in [0.717, 1.165) is 25.3 Å². The van der Waals surface area contributed by atoms with Gasteiger partial charge in [-0.1, -0.05) is 12.1 Å². The summed E-state index contributed by atoms with van der Waals surface area (Å²) in [5.74, 6) is -2.35. The minimum Gasteiger partial charge on any atom is -0.454 e. The Morgan fingerprint density at radius 3 is 2.75 bits per heavy atom. The first-order valence-electron chi connectivity index (χ1n) is 7.97. The minimum absolute atomic E-state index is 0.144. The number of nitrogens with zero attached hydrogens (tertiary/aromatic N) is 1. The van der Waals surface area contributed by atoms with Crippen LogP contribution in [0.5, 0.6) is 0 Å². The molecule has 2 rings (SSSR count). The molecule has 0 bridgehead atoms. The number of nitrogens with one attached hydrogen (secondary N) is 1. The van der Waals surface area contributed by atoms with Crippen LogP contribution in [0.25, 0.3) is 0 Å². The van der Waals surface area contributed by atoms with Crippen LogP contribution < -0.4 is 5.32 Å². The van der Waals surface area contributed by atoms with E-state index in [0.29, 0.717) is 6.54 Å². The predicted molar refractivity (Wildman–Crippen MR) is 84.7 cm³/mol. The molecular weight excluding hydrogens is 315 g/mol. The third kappa shape index (κ3) is 4.78. The standard InChI is InChI=1S/C17H21FN2O4/c1-12-6-4-5-9-20(12)15(21)11-24-16(22)10-19-17(23)13-7-2-3-8-14(13)18/h2-3,7-8,12H,4-6,9-11H2,1H3,(H,19,23)/t12-/m1/s1. The molecular formula is C17H21FN2O4. The molecule has 1 heterocycles. The second-order valence-corrected chi connectivity index (χ2v) is 5.76. The zero-order chi connectivity index (χ0) is 17.5. The van der Waals surface area contributed by atoms with E-state index in [1.54, 1.807) is 4.90 Å². The number of likely N-dealkylation sites (tertiary alicyclic amines) is 1. The Hall–Kier alpha value is -2.44. The third-order valence-electron chi connectivity index (χ3n) is 3.99. The Morgan fingerprint density at radius 2 is 2.04 bits per heavy atom. The highest BCUT2D eigenvalue weighted by Gasteiger charge is 2.24. The van der Waals surface area contributed by atoms with Crippen LogP contribution in [0.4, 0.5) is 4.39 Å². The van der Waals surface area contributed by atoms with Crippen molar-refractivity contribution in [1.29, 1.82) is 0 Å². The maximum atomic E-state index is 13.4. The Morgan fingerprint density at radius 1 is 1.29 bits per heavy atom. The number of hydrogen-bond acceptors (Lipinski definition) is 4. The number of rotatable bonds is 5. The number of esters is 1. The van der Waals surface area contributed by atoms with Crippen LogP contribution in [-0.4, -0.2) is 48.4 Å². The van der Waals surface area contributed by atoms with Gasteiger partial charge in [0.25, 0.3) is 11.8 Å². The van der Waals surface area contributed by atoms with Gasteiger partial charge in [0.15, 0.2) is 6.61 Å². The Balaban J connectivity index is 1.74. The molecule has 7 heteroatoms. The highest BCUT2D eigenvalue weighted by molar-refractivity contribution is 5.96. The molecule has 0 aliphatic carbocycles. The average molecular weight is 336 g/mol. The van der Waals surface area contributed by atoms with Gasteiger partial charge < -0.3 is 15.0 Å². The van der Waals surface area contributed by atoms with Crippen molar-refractivity contribution in [3.05, 3.63) is 35.6 Å². The van der Waals surface area contributed by atoms with Gasteiger partial charge in [0.2, 0.25) is 0 Å². The number of ether oxygens (including phenoxy) is 1. The van der Waals surface area contributed by atoms with Gasteiger partial charge in [-0.2, -0.15) is 0 Å². The van der Waals surface area contributed by atoms with Crippen LogP contribution in [0, 0.1) is 5.82 Å². The van der Waals surface area contributed by atoms with E-state index in [4.69, 9.17) is 4.74 Å². The van der Waals surface area contributed by atoms with Crippen molar-refractivity contribution in [2.45, 2.75) is 32.2 Å². The lowest BCUT2D eigenvalue weighted by Crippen LogP contribution is -2.44. The van der Waals surface area contributed by atoms with E-state index in [-0.39, 0.29) is 24.1 Å². The van der Waals surface area contributed by atoms with Crippen LogP contribution in [0.2, 0.25) is 0 Å². The van der Waals surface area contributed by atoms with Gasteiger partial charge in [0, 0.05) is 12.6 Å². The molecule has 1 aliphatic rings. The first-order valence-corrected chi connectivity index (χ1v) is 7.97. The SMILES string of the molecule is C[C@@H]1CCCCN1C(=O)COC(=O)CNC(=O)c1ccccc1F. The zero-order valence-electron chi connectivity index (χ0n) is 13.6. The van der Waals surface area contributed by atoms with Crippen LogP contribution in [0.1, 0.15) is 36.5 Å². The van der Waals surface area contributed by atoms with Gasteiger partial charge in [-0.3, -0.25) is 14.4 Å². The molecule has 1 saturated heterocycles. The zero-order valence-corrected chi connectivity index (χ0v) is 13.6. The summed E-state index contributed by atoms with van der Waals surface area (Å²) >= 11 is 0. The number of halogens is 1. The summed E-state index contributed by atoms with van der Waals surface area (Å²) in [5.41, 5.74) is -0.150. The summed E-state index contributed by atoms with van der Waals surface area (Å²) < 4.78 is 18.3. The average Bonchev–Trinajstić information content (AvgIpc) is 2.58. The number of carbonyl (C=O) groups is 3. The van der Waals surface area contributed by atoms with E-state index in [2.05, 4.69) is 5.32 Å². The summed E-state index contributed by atoms with van der Waals surface area (Å²) in [5, 5.41) is 2.27. The molecule has 1 fully saturated rings. The van der Waals surface area contributed by atoms with Gasteiger partial charge in [0.05, 0.1) is 5.56 Å². The predicted octanol–water partition coefficient (Wildman–Crippen LogP) is 1.50. The fourth-order valence-corrected chi connectivity index (χ4v) is 2.64. The van der Waals surface area contributed by atoms with Crippen molar-refractivity contribution in [3.8, 4) is 0 Å². The molecule has 0 spiro atoms. The first-order chi connectivity index (χ1) is 11.5. The monoisotopic (exact) mass is 336 g/mol. The Labute approximate surface area is 140 Å². The summed E-state index contributed by atoms with van der Waals surface area (Å²) in [7, 11) is 0. The van der Waals surface area contributed by atoms with Gasteiger partial charge >= 0.3 is 5.97 Å². The lowest BCUT2D eigenvalue weighted by Gasteiger charge is -2.33. The smallest absolute Gasteiger partial charge is 0.325 e. The van der Waals surface area contributed by atoms with Gasteiger partial charge in [-0.15, -0.1) is 0 Å². The molecule has 0 saturated carbocycles. The minimum atomic E-state index is -0.738. The van der Waals surface area contributed by atoms with Crippen LogP contribution in [0.3, 0.4) is 0 Å². The molecule has 1 aromatic rings. The van der Waals surface area contributed by atoms with Crippen molar-refractivity contribution in [3.63, 3.8) is 0 Å². The number of amides is 2. The molecule has 24 heavy (non-hydrogen) atoms. The second kappa shape index (κ2) is 8.42. The molecule has 1 aliphatic heterocycles. The Kier molecular flexibility index (Phi) is 6.28. The molecule has 1 N–H and O–H groups in total. The van der Waals surface area contributed by atoms with Crippen molar-refractivity contribution in [2.24, 2.45) is 0 Å². The molecule has 0 unspecified atom stereocenters. The number of hydrogen-bond donors (Lipinski definition) is 1. The quantitative estimate of drug-likeness (QED) is 0.827. The maximum absolute atomic E-state index is 13.4. The highest BCUT2D eigenvalue weighted by Crippen LogP contribution is 2.16. The van der Waals surface area contributed by atoms with E-state index in [9.17, 15) is 18.8 Å². The lowest BCUT2D eigenvalue weighted by atomic mass is 10.0. The van der Waals surface area contributed by atoms with Gasteiger partial charge in [-0.05, 0) is 38.3 Å². The maximum Gasteiger partial charge on any atom is 0.325 e. The highest BCUT2D eigenvalue weighted by atomic mass is 19.1. The third-order valence-corrected chi connectivity index (χ3v) is 3.99. The van der Waals surface area contributed by atoms with E-state index >= 15 is 0 Å². The first kappa shape index (κ1) is 17.9. The summed E-state index contributed by atoms with van der Waals surface area (Å²) in [6.45, 7) is 1.86. The van der Waals surface area contributed by atoms with Crippen molar-refractivity contribution < 1.29 is 23.5 Å². The molecule has 6 nitrogen and oxygen atoms in total.